The number of halogens is 1. The zero-order chi connectivity index (χ0) is 21.6. The first-order chi connectivity index (χ1) is 14.4. The number of sulfonamides is 1. The lowest BCUT2D eigenvalue weighted by atomic mass is 10.1. The first-order valence-electron chi connectivity index (χ1n) is 8.95. The Balaban J connectivity index is 1.82. The van der Waals surface area contributed by atoms with E-state index >= 15 is 0 Å². The molecule has 1 aromatic heterocycles. The SMILES string of the molecule is C/C(=N/NC(=O)CN(c1cccnc1)S(=O)(=O)c1ccccc1)c1ccc(Br)cc1. The van der Waals surface area contributed by atoms with Gasteiger partial charge in [0.1, 0.15) is 6.54 Å². The first kappa shape index (κ1) is 21.7. The summed E-state index contributed by atoms with van der Waals surface area (Å²) in [6.07, 6.45) is 2.92. The van der Waals surface area contributed by atoms with Crippen LogP contribution < -0.4 is 9.73 Å². The minimum atomic E-state index is -3.97. The Morgan fingerprint density at radius 3 is 2.40 bits per heavy atom. The fourth-order valence-electron chi connectivity index (χ4n) is 2.60. The number of carbonyl (C=O) groups excluding carboxylic acids is 1. The van der Waals surface area contributed by atoms with Crippen LogP contribution in [-0.2, 0) is 14.8 Å². The molecule has 3 rings (SSSR count). The van der Waals surface area contributed by atoms with Crippen molar-refractivity contribution in [3.8, 4) is 0 Å². The van der Waals surface area contributed by atoms with E-state index in [1.54, 1.807) is 37.3 Å². The number of amides is 1. The van der Waals surface area contributed by atoms with Crippen molar-refractivity contribution in [1.29, 1.82) is 0 Å². The van der Waals surface area contributed by atoms with E-state index in [0.29, 0.717) is 5.71 Å². The summed E-state index contributed by atoms with van der Waals surface area (Å²) in [5, 5.41) is 4.09. The summed E-state index contributed by atoms with van der Waals surface area (Å²) in [5.74, 6) is -0.574. The van der Waals surface area contributed by atoms with E-state index in [0.717, 1.165) is 14.3 Å². The lowest BCUT2D eigenvalue weighted by molar-refractivity contribution is -0.119. The molecule has 0 fully saturated rings. The third kappa shape index (κ3) is 5.31. The van der Waals surface area contributed by atoms with Gasteiger partial charge in [-0.25, -0.2) is 13.8 Å². The molecule has 1 heterocycles. The van der Waals surface area contributed by atoms with Crippen LogP contribution in [0.5, 0.6) is 0 Å². The maximum absolute atomic E-state index is 13.1. The summed E-state index contributed by atoms with van der Waals surface area (Å²) < 4.78 is 28.2. The van der Waals surface area contributed by atoms with Crippen molar-refractivity contribution in [2.24, 2.45) is 5.10 Å². The highest BCUT2D eigenvalue weighted by Gasteiger charge is 2.27. The normalized spacial score (nSPS) is 11.7. The van der Waals surface area contributed by atoms with Crippen LogP contribution in [0.2, 0.25) is 0 Å². The fraction of sp³-hybridized carbons (Fsp3) is 0.0952. The van der Waals surface area contributed by atoms with E-state index in [9.17, 15) is 13.2 Å². The summed E-state index contributed by atoms with van der Waals surface area (Å²) >= 11 is 3.37. The molecule has 0 saturated carbocycles. The van der Waals surface area contributed by atoms with Gasteiger partial charge in [-0.2, -0.15) is 5.10 Å². The molecule has 1 amide bonds. The molecule has 0 unspecified atom stereocenters. The van der Waals surface area contributed by atoms with Crippen LogP contribution in [-0.4, -0.2) is 31.6 Å². The van der Waals surface area contributed by atoms with Crippen LogP contribution in [0.15, 0.2) is 93.6 Å². The van der Waals surface area contributed by atoms with Gasteiger partial charge in [0.2, 0.25) is 0 Å². The van der Waals surface area contributed by atoms with Gasteiger partial charge in [0.05, 0.1) is 22.5 Å². The third-order valence-corrected chi connectivity index (χ3v) is 6.48. The van der Waals surface area contributed by atoms with Gasteiger partial charge in [-0.1, -0.05) is 46.3 Å². The predicted molar refractivity (Wildman–Crippen MR) is 120 cm³/mol. The number of hydrogen-bond acceptors (Lipinski definition) is 5. The lowest BCUT2D eigenvalue weighted by Gasteiger charge is -2.23. The maximum atomic E-state index is 13.1. The summed E-state index contributed by atoms with van der Waals surface area (Å²) in [4.78, 5) is 16.6. The largest absolute Gasteiger partial charge is 0.271 e. The van der Waals surface area contributed by atoms with Crippen LogP contribution in [0.1, 0.15) is 12.5 Å². The zero-order valence-electron chi connectivity index (χ0n) is 16.1. The Kier molecular flexibility index (Phi) is 6.96. The molecule has 0 bridgehead atoms. The monoisotopic (exact) mass is 486 g/mol. The highest BCUT2D eigenvalue weighted by Crippen LogP contribution is 2.22. The number of nitrogens with zero attached hydrogens (tertiary/aromatic N) is 3. The van der Waals surface area contributed by atoms with Crippen molar-refractivity contribution in [2.45, 2.75) is 11.8 Å². The molecule has 9 heteroatoms. The molecule has 7 nitrogen and oxygen atoms in total. The molecule has 0 aliphatic rings. The van der Waals surface area contributed by atoms with Gasteiger partial charge in [-0.15, -0.1) is 0 Å². The molecule has 0 radical (unpaired) electrons. The molecule has 1 N–H and O–H groups in total. The number of nitrogens with one attached hydrogen (secondary N) is 1. The van der Waals surface area contributed by atoms with Crippen LogP contribution in [0.25, 0.3) is 0 Å². The van der Waals surface area contributed by atoms with Crippen LogP contribution in [0.3, 0.4) is 0 Å². The van der Waals surface area contributed by atoms with E-state index in [2.05, 4.69) is 31.4 Å². The van der Waals surface area contributed by atoms with Crippen molar-refractivity contribution in [3.63, 3.8) is 0 Å². The second-order valence-electron chi connectivity index (χ2n) is 6.28. The van der Waals surface area contributed by atoms with Gasteiger partial charge < -0.3 is 0 Å². The Hall–Kier alpha value is -3.04. The molecule has 0 aliphatic carbocycles. The number of hydrazone groups is 1. The van der Waals surface area contributed by atoms with Crippen molar-refractivity contribution in [3.05, 3.63) is 89.2 Å². The smallest absolute Gasteiger partial charge is 0.264 e. The summed E-state index contributed by atoms with van der Waals surface area (Å²) in [7, 11) is -3.97. The van der Waals surface area contributed by atoms with E-state index < -0.39 is 22.5 Å². The Morgan fingerprint density at radius 1 is 1.07 bits per heavy atom. The Morgan fingerprint density at radius 2 is 1.77 bits per heavy atom. The zero-order valence-corrected chi connectivity index (χ0v) is 18.5. The molecule has 0 atom stereocenters. The molecule has 0 saturated heterocycles. The number of pyridine rings is 1. The number of rotatable bonds is 7. The number of aromatic nitrogens is 1. The third-order valence-electron chi connectivity index (χ3n) is 4.16. The molecule has 30 heavy (non-hydrogen) atoms. The van der Waals surface area contributed by atoms with Crippen molar-refractivity contribution in [1.82, 2.24) is 10.4 Å². The lowest BCUT2D eigenvalue weighted by Crippen LogP contribution is -2.39. The molecule has 154 valence electrons. The number of anilines is 1. The average molecular weight is 487 g/mol. The minimum absolute atomic E-state index is 0.0798. The van der Waals surface area contributed by atoms with Crippen molar-refractivity contribution in [2.75, 3.05) is 10.8 Å². The molecule has 3 aromatic rings. The van der Waals surface area contributed by atoms with E-state index in [1.165, 1.54) is 24.5 Å². The molecular formula is C21H19BrN4O3S. The fourth-order valence-corrected chi connectivity index (χ4v) is 4.30. The van der Waals surface area contributed by atoms with Gasteiger partial charge >= 0.3 is 0 Å². The van der Waals surface area contributed by atoms with Crippen molar-refractivity contribution < 1.29 is 13.2 Å². The maximum Gasteiger partial charge on any atom is 0.264 e. The Bertz CT molecular complexity index is 1140. The van der Waals surface area contributed by atoms with Gasteiger partial charge in [-0.3, -0.25) is 14.1 Å². The molecule has 0 aliphatic heterocycles. The van der Waals surface area contributed by atoms with Gasteiger partial charge in [0, 0.05) is 10.7 Å². The van der Waals surface area contributed by atoms with Crippen molar-refractivity contribution >= 4 is 43.3 Å². The number of benzene rings is 2. The number of carbonyl (C=O) groups is 1. The van der Waals surface area contributed by atoms with Crippen LogP contribution >= 0.6 is 15.9 Å². The predicted octanol–water partition coefficient (Wildman–Crippen LogP) is 3.58. The van der Waals surface area contributed by atoms with Gasteiger partial charge in [-0.05, 0) is 48.9 Å². The quantitative estimate of drug-likeness (QED) is 0.408. The topological polar surface area (TPSA) is 91.7 Å². The van der Waals surface area contributed by atoms with E-state index in [4.69, 9.17) is 0 Å². The molecule has 0 spiro atoms. The van der Waals surface area contributed by atoms with E-state index in [1.807, 2.05) is 24.3 Å². The second kappa shape index (κ2) is 9.64. The summed E-state index contributed by atoms with van der Waals surface area (Å²) in [6, 6.07) is 18.6. The molecular weight excluding hydrogens is 468 g/mol. The highest BCUT2D eigenvalue weighted by molar-refractivity contribution is 9.10. The molecule has 2 aromatic carbocycles. The van der Waals surface area contributed by atoms with Crippen LogP contribution in [0, 0.1) is 0 Å². The summed E-state index contributed by atoms with van der Waals surface area (Å²) in [5.41, 5.74) is 4.14. The number of hydrogen-bond donors (Lipinski definition) is 1. The summed E-state index contributed by atoms with van der Waals surface area (Å²) in [6.45, 7) is 1.31. The van der Waals surface area contributed by atoms with Gasteiger partial charge in [0.25, 0.3) is 15.9 Å². The van der Waals surface area contributed by atoms with Gasteiger partial charge in [0.15, 0.2) is 0 Å². The Labute approximate surface area is 183 Å². The highest BCUT2D eigenvalue weighted by atomic mass is 79.9. The average Bonchev–Trinajstić information content (AvgIpc) is 2.77. The van der Waals surface area contributed by atoms with Crippen LogP contribution in [0.4, 0.5) is 5.69 Å². The minimum Gasteiger partial charge on any atom is -0.271 e. The standard InChI is InChI=1S/C21H19BrN4O3S/c1-16(17-9-11-18(22)12-10-17)24-25-21(27)15-26(19-6-5-13-23-14-19)30(28,29)20-7-3-2-4-8-20/h2-14H,15H2,1H3,(H,25,27)/b24-16-. The second-order valence-corrected chi connectivity index (χ2v) is 9.05. The van der Waals surface area contributed by atoms with E-state index in [-0.39, 0.29) is 10.6 Å². The first-order valence-corrected chi connectivity index (χ1v) is 11.2.